The first-order valence-corrected chi connectivity index (χ1v) is 11.6. The summed E-state index contributed by atoms with van der Waals surface area (Å²) < 4.78 is 7.29. The molecule has 2 aromatic heterocycles. The Morgan fingerprint density at radius 3 is 2.48 bits per heavy atom. The van der Waals surface area contributed by atoms with Gasteiger partial charge in [0.05, 0.1) is 22.5 Å². The van der Waals surface area contributed by atoms with Gasteiger partial charge >= 0.3 is 6.03 Å². The van der Waals surface area contributed by atoms with E-state index in [1.165, 1.54) is 5.56 Å². The number of urea groups is 1. The van der Waals surface area contributed by atoms with E-state index in [0.29, 0.717) is 45.9 Å². The molecule has 0 radical (unpaired) electrons. The Balaban J connectivity index is 1.48. The Labute approximate surface area is 194 Å². The summed E-state index contributed by atoms with van der Waals surface area (Å²) in [7, 11) is 0. The van der Waals surface area contributed by atoms with E-state index in [4.69, 9.17) is 9.84 Å². The molecule has 176 valence electrons. The standard InChI is InChI=1S/C24H33N7O2/c1-5-33-16-6-11-25-24(32)30-14-12-29(13-15-30)23-22-21(18(3)26-27-23)19(4)31(28-22)20-9-7-17(2)8-10-20/h7-10H,5-6,11-16H2,1-4H3,(H,25,32). The molecular formula is C24H33N7O2. The second-order valence-electron chi connectivity index (χ2n) is 8.42. The van der Waals surface area contributed by atoms with E-state index in [0.717, 1.165) is 40.2 Å². The fourth-order valence-corrected chi connectivity index (χ4v) is 4.21. The minimum absolute atomic E-state index is 0.0224. The van der Waals surface area contributed by atoms with Crippen LogP contribution in [0.5, 0.6) is 0 Å². The van der Waals surface area contributed by atoms with Crippen molar-refractivity contribution in [1.82, 2.24) is 30.2 Å². The minimum atomic E-state index is -0.0224. The molecule has 9 nitrogen and oxygen atoms in total. The van der Waals surface area contributed by atoms with E-state index >= 15 is 0 Å². The number of hydrogen-bond donors (Lipinski definition) is 1. The summed E-state index contributed by atoms with van der Waals surface area (Å²) in [4.78, 5) is 16.5. The van der Waals surface area contributed by atoms with E-state index in [1.54, 1.807) is 0 Å². The third-order valence-corrected chi connectivity index (χ3v) is 6.08. The lowest BCUT2D eigenvalue weighted by Crippen LogP contribution is -2.52. The van der Waals surface area contributed by atoms with Crippen molar-refractivity contribution in [1.29, 1.82) is 0 Å². The monoisotopic (exact) mass is 451 g/mol. The number of aryl methyl sites for hydroxylation is 3. The molecule has 1 fully saturated rings. The molecule has 0 spiro atoms. The second kappa shape index (κ2) is 10.2. The first kappa shape index (κ1) is 23.0. The Morgan fingerprint density at radius 2 is 1.79 bits per heavy atom. The molecule has 0 aliphatic carbocycles. The van der Waals surface area contributed by atoms with Gasteiger partial charge in [-0.15, -0.1) is 5.10 Å². The van der Waals surface area contributed by atoms with Gasteiger partial charge in [0, 0.05) is 45.9 Å². The third kappa shape index (κ3) is 4.93. The van der Waals surface area contributed by atoms with Gasteiger partial charge in [-0.05, 0) is 46.2 Å². The summed E-state index contributed by atoms with van der Waals surface area (Å²) in [6.45, 7) is 12.7. The molecular weight excluding hydrogens is 418 g/mol. The largest absolute Gasteiger partial charge is 0.382 e. The summed E-state index contributed by atoms with van der Waals surface area (Å²) in [5.41, 5.74) is 5.01. The number of benzene rings is 1. The van der Waals surface area contributed by atoms with Crippen LogP contribution in [-0.4, -0.2) is 76.8 Å². The van der Waals surface area contributed by atoms with Gasteiger partial charge in [-0.2, -0.15) is 10.2 Å². The van der Waals surface area contributed by atoms with Gasteiger partial charge in [0.25, 0.3) is 0 Å². The summed E-state index contributed by atoms with van der Waals surface area (Å²) in [6, 6.07) is 8.32. The van der Waals surface area contributed by atoms with Crippen LogP contribution < -0.4 is 10.2 Å². The van der Waals surface area contributed by atoms with Gasteiger partial charge in [-0.3, -0.25) is 0 Å². The second-order valence-corrected chi connectivity index (χ2v) is 8.42. The number of fused-ring (bicyclic) bond motifs is 1. The molecule has 0 unspecified atom stereocenters. The van der Waals surface area contributed by atoms with Crippen molar-refractivity contribution < 1.29 is 9.53 Å². The van der Waals surface area contributed by atoms with Crippen molar-refractivity contribution in [3.63, 3.8) is 0 Å². The van der Waals surface area contributed by atoms with Gasteiger partial charge in [-0.1, -0.05) is 17.7 Å². The van der Waals surface area contributed by atoms with Crippen LogP contribution in [0.15, 0.2) is 24.3 Å². The predicted octanol–water partition coefficient (Wildman–Crippen LogP) is 3.00. The SMILES string of the molecule is CCOCCCNC(=O)N1CCN(c2nnc(C)c3c(C)n(-c4ccc(C)cc4)nc23)CC1. The summed E-state index contributed by atoms with van der Waals surface area (Å²) in [5.74, 6) is 0.779. The topological polar surface area (TPSA) is 88.4 Å². The van der Waals surface area contributed by atoms with Crippen LogP contribution in [0.25, 0.3) is 16.6 Å². The molecule has 1 saturated heterocycles. The maximum atomic E-state index is 12.5. The van der Waals surface area contributed by atoms with Crippen LogP contribution in [0, 0.1) is 20.8 Å². The quantitative estimate of drug-likeness (QED) is 0.556. The molecule has 0 atom stereocenters. The number of rotatable bonds is 7. The zero-order valence-electron chi connectivity index (χ0n) is 20.0. The van der Waals surface area contributed by atoms with Crippen molar-refractivity contribution in [3.05, 3.63) is 41.2 Å². The number of carbonyl (C=O) groups is 1. The first-order valence-electron chi connectivity index (χ1n) is 11.6. The van der Waals surface area contributed by atoms with E-state index < -0.39 is 0 Å². The van der Waals surface area contributed by atoms with Gasteiger partial charge in [0.1, 0.15) is 5.52 Å². The Bertz CT molecular complexity index is 1100. The molecule has 4 rings (SSSR count). The molecule has 1 aliphatic rings. The molecule has 3 heterocycles. The molecule has 3 aromatic rings. The number of aromatic nitrogens is 4. The third-order valence-electron chi connectivity index (χ3n) is 6.08. The number of hydrogen-bond acceptors (Lipinski definition) is 6. The van der Waals surface area contributed by atoms with E-state index in [2.05, 4.69) is 58.5 Å². The van der Waals surface area contributed by atoms with Crippen molar-refractivity contribution >= 4 is 22.8 Å². The lowest BCUT2D eigenvalue weighted by atomic mass is 10.2. The average Bonchev–Trinajstić information content (AvgIpc) is 3.17. The Hall–Kier alpha value is -3.20. The van der Waals surface area contributed by atoms with Crippen LogP contribution in [0.2, 0.25) is 0 Å². The molecule has 0 saturated carbocycles. The average molecular weight is 452 g/mol. The van der Waals surface area contributed by atoms with Gasteiger partial charge in [0.15, 0.2) is 5.82 Å². The molecule has 1 aliphatic heterocycles. The predicted molar refractivity (Wildman–Crippen MR) is 129 cm³/mol. The Morgan fingerprint density at radius 1 is 1.06 bits per heavy atom. The highest BCUT2D eigenvalue weighted by atomic mass is 16.5. The number of amides is 2. The maximum absolute atomic E-state index is 12.5. The van der Waals surface area contributed by atoms with Crippen LogP contribution in [0.4, 0.5) is 10.6 Å². The number of carbonyl (C=O) groups excluding carboxylic acids is 1. The zero-order valence-corrected chi connectivity index (χ0v) is 20.0. The van der Waals surface area contributed by atoms with Crippen molar-refractivity contribution in [2.45, 2.75) is 34.1 Å². The molecule has 9 heteroatoms. The molecule has 2 amide bonds. The normalized spacial score (nSPS) is 14.2. The lowest BCUT2D eigenvalue weighted by molar-refractivity contribution is 0.143. The van der Waals surface area contributed by atoms with E-state index in [9.17, 15) is 4.79 Å². The lowest BCUT2D eigenvalue weighted by Gasteiger charge is -2.35. The molecule has 33 heavy (non-hydrogen) atoms. The van der Waals surface area contributed by atoms with Crippen LogP contribution in [0.1, 0.15) is 30.3 Å². The minimum Gasteiger partial charge on any atom is -0.382 e. The van der Waals surface area contributed by atoms with Crippen molar-refractivity contribution in [2.75, 3.05) is 50.8 Å². The summed E-state index contributed by atoms with van der Waals surface area (Å²) >= 11 is 0. The van der Waals surface area contributed by atoms with Crippen molar-refractivity contribution in [2.24, 2.45) is 0 Å². The molecule has 1 aromatic carbocycles. The molecule has 1 N–H and O–H groups in total. The number of piperazine rings is 1. The fraction of sp³-hybridized carbons (Fsp3) is 0.500. The van der Waals surface area contributed by atoms with Crippen LogP contribution in [-0.2, 0) is 4.74 Å². The highest BCUT2D eigenvalue weighted by Gasteiger charge is 2.26. The Kier molecular flexibility index (Phi) is 7.08. The van der Waals surface area contributed by atoms with Crippen LogP contribution in [0.3, 0.4) is 0 Å². The smallest absolute Gasteiger partial charge is 0.317 e. The number of nitrogens with one attached hydrogen (secondary N) is 1. The van der Waals surface area contributed by atoms with Crippen molar-refractivity contribution in [3.8, 4) is 5.69 Å². The number of nitrogens with zero attached hydrogens (tertiary/aromatic N) is 6. The zero-order chi connectivity index (χ0) is 23.4. The van der Waals surface area contributed by atoms with Gasteiger partial charge < -0.3 is 19.9 Å². The molecule has 0 bridgehead atoms. The maximum Gasteiger partial charge on any atom is 0.317 e. The first-order chi connectivity index (χ1) is 16.0. The highest BCUT2D eigenvalue weighted by Crippen LogP contribution is 2.29. The van der Waals surface area contributed by atoms with E-state index in [-0.39, 0.29) is 6.03 Å². The summed E-state index contributed by atoms with van der Waals surface area (Å²) in [5, 5.41) is 17.9. The number of anilines is 1. The van der Waals surface area contributed by atoms with Gasteiger partial charge in [-0.25, -0.2) is 9.48 Å². The van der Waals surface area contributed by atoms with Gasteiger partial charge in [0.2, 0.25) is 0 Å². The fourth-order valence-electron chi connectivity index (χ4n) is 4.21. The number of ether oxygens (including phenoxy) is 1. The van der Waals surface area contributed by atoms with E-state index in [1.807, 2.05) is 23.4 Å². The highest BCUT2D eigenvalue weighted by molar-refractivity contribution is 5.92. The van der Waals surface area contributed by atoms with Crippen LogP contribution >= 0.6 is 0 Å². The summed E-state index contributed by atoms with van der Waals surface area (Å²) in [6.07, 6.45) is 0.819.